The maximum Gasteiger partial charge on any atom is 0.249 e. The molecular formula is C51H99NO5. The van der Waals surface area contributed by atoms with E-state index in [1.807, 2.05) is 0 Å². The number of aliphatic hydroxyl groups excluding tert-OH is 4. The van der Waals surface area contributed by atoms with Crippen LogP contribution in [0.5, 0.6) is 0 Å². The van der Waals surface area contributed by atoms with Crippen LogP contribution in [0.25, 0.3) is 0 Å². The van der Waals surface area contributed by atoms with Crippen molar-refractivity contribution in [1.82, 2.24) is 5.32 Å². The van der Waals surface area contributed by atoms with Crippen molar-refractivity contribution in [2.75, 3.05) is 6.61 Å². The summed E-state index contributed by atoms with van der Waals surface area (Å²) in [5, 5.41) is 43.7. The Morgan fingerprint density at radius 3 is 1.11 bits per heavy atom. The molecule has 6 nitrogen and oxygen atoms in total. The van der Waals surface area contributed by atoms with Crippen LogP contribution in [-0.4, -0.2) is 57.3 Å². The van der Waals surface area contributed by atoms with E-state index in [0.29, 0.717) is 19.3 Å². The Morgan fingerprint density at radius 1 is 0.421 bits per heavy atom. The van der Waals surface area contributed by atoms with Gasteiger partial charge in [-0.05, 0) is 51.4 Å². The summed E-state index contributed by atoms with van der Waals surface area (Å²) in [5.41, 5.74) is 0. The lowest BCUT2D eigenvalue weighted by molar-refractivity contribution is -0.132. The third-order valence-electron chi connectivity index (χ3n) is 11.9. The standard InChI is InChI=1S/C51H99NO5/c1-3-5-7-9-11-13-15-17-18-19-20-21-22-23-24-25-26-27-28-29-30-31-33-34-36-38-40-42-44-48(54)50(56)47(46-53)52-51(57)49(55)45-43-41-39-37-35-32-16-14-12-10-8-6-4-2/h30-31,36,38,47-50,53-56H,3-29,32-35,37,39-46H2,1-2H3,(H,52,57)/b31-30+,38-36+. The fourth-order valence-electron chi connectivity index (χ4n) is 7.89. The lowest BCUT2D eigenvalue weighted by atomic mass is 10.00. The SMILES string of the molecule is CCCCCCCCCCCCCCCCCCCCC/C=C/CC/C=C/CCCC(O)C(O)C(CO)NC(=O)C(O)CCCCCCCCCCCCCCC. The Kier molecular flexibility index (Phi) is 44.9. The Balaban J connectivity index is 3.68. The number of rotatable bonds is 46. The first-order valence-corrected chi connectivity index (χ1v) is 25.2. The Morgan fingerprint density at radius 2 is 0.737 bits per heavy atom. The predicted molar refractivity (Wildman–Crippen MR) is 247 cm³/mol. The highest BCUT2D eigenvalue weighted by atomic mass is 16.3. The maximum atomic E-state index is 12.5. The van der Waals surface area contributed by atoms with Gasteiger partial charge in [-0.15, -0.1) is 0 Å². The number of nitrogens with one attached hydrogen (secondary N) is 1. The first kappa shape index (κ1) is 55.8. The highest BCUT2D eigenvalue weighted by molar-refractivity contribution is 5.80. The number of amides is 1. The molecule has 4 atom stereocenters. The van der Waals surface area contributed by atoms with Gasteiger partial charge >= 0.3 is 0 Å². The summed E-state index contributed by atoms with van der Waals surface area (Å²) in [7, 11) is 0. The van der Waals surface area contributed by atoms with Crippen molar-refractivity contribution in [3.8, 4) is 0 Å². The summed E-state index contributed by atoms with van der Waals surface area (Å²) in [6, 6.07) is -1.00. The largest absolute Gasteiger partial charge is 0.394 e. The highest BCUT2D eigenvalue weighted by Gasteiger charge is 2.28. The van der Waals surface area contributed by atoms with Gasteiger partial charge in [-0.3, -0.25) is 4.79 Å². The molecule has 1 amide bonds. The summed E-state index contributed by atoms with van der Waals surface area (Å²) >= 11 is 0. The van der Waals surface area contributed by atoms with Crippen LogP contribution in [0.1, 0.15) is 264 Å². The number of unbranched alkanes of at least 4 members (excludes halogenated alkanes) is 33. The van der Waals surface area contributed by atoms with Crippen molar-refractivity contribution in [2.24, 2.45) is 0 Å². The summed E-state index contributed by atoms with van der Waals surface area (Å²) in [6.07, 6.45) is 53.8. The fourth-order valence-corrected chi connectivity index (χ4v) is 7.89. The molecule has 0 aliphatic heterocycles. The lowest BCUT2D eigenvalue weighted by Gasteiger charge is -2.27. The molecule has 0 bridgehead atoms. The molecule has 0 fully saturated rings. The lowest BCUT2D eigenvalue weighted by Crippen LogP contribution is -2.53. The molecule has 0 radical (unpaired) electrons. The van der Waals surface area contributed by atoms with Gasteiger partial charge in [0.15, 0.2) is 0 Å². The van der Waals surface area contributed by atoms with Crippen LogP contribution in [-0.2, 0) is 4.79 Å². The molecule has 0 saturated heterocycles. The van der Waals surface area contributed by atoms with Crippen LogP contribution in [0, 0.1) is 0 Å². The van der Waals surface area contributed by atoms with E-state index >= 15 is 0 Å². The van der Waals surface area contributed by atoms with Gasteiger partial charge in [-0.2, -0.15) is 0 Å². The number of allylic oxidation sites excluding steroid dienone is 4. The van der Waals surface area contributed by atoms with Crippen molar-refractivity contribution in [3.05, 3.63) is 24.3 Å². The van der Waals surface area contributed by atoms with Crippen LogP contribution in [0.15, 0.2) is 24.3 Å². The number of carbonyl (C=O) groups is 1. The van der Waals surface area contributed by atoms with Gasteiger partial charge in [-0.1, -0.05) is 237 Å². The predicted octanol–water partition coefficient (Wildman–Crippen LogP) is 13.9. The fraction of sp³-hybridized carbons (Fsp3) is 0.902. The molecule has 0 aliphatic rings. The first-order chi connectivity index (χ1) is 28.0. The van der Waals surface area contributed by atoms with Crippen LogP contribution < -0.4 is 5.32 Å². The highest BCUT2D eigenvalue weighted by Crippen LogP contribution is 2.17. The first-order valence-electron chi connectivity index (χ1n) is 25.2. The molecular weight excluding hydrogens is 707 g/mol. The van der Waals surface area contributed by atoms with E-state index in [1.165, 1.54) is 193 Å². The molecule has 0 aliphatic carbocycles. The smallest absolute Gasteiger partial charge is 0.249 e. The molecule has 4 unspecified atom stereocenters. The Hall–Kier alpha value is -1.21. The summed E-state index contributed by atoms with van der Waals surface area (Å²) in [5.74, 6) is -0.596. The second-order valence-corrected chi connectivity index (χ2v) is 17.5. The van der Waals surface area contributed by atoms with Gasteiger partial charge in [-0.25, -0.2) is 0 Å². The minimum Gasteiger partial charge on any atom is -0.394 e. The van der Waals surface area contributed by atoms with E-state index < -0.39 is 36.9 Å². The van der Waals surface area contributed by atoms with Crippen molar-refractivity contribution in [3.63, 3.8) is 0 Å². The molecule has 338 valence electrons. The zero-order valence-corrected chi connectivity index (χ0v) is 38.1. The molecule has 0 saturated carbocycles. The number of carbonyl (C=O) groups excluding carboxylic acids is 1. The zero-order valence-electron chi connectivity index (χ0n) is 38.1. The molecule has 0 aromatic rings. The van der Waals surface area contributed by atoms with E-state index in [1.54, 1.807) is 0 Å². The van der Waals surface area contributed by atoms with Crippen LogP contribution in [0.3, 0.4) is 0 Å². The number of aliphatic hydroxyl groups is 4. The Labute approximate surface area is 354 Å². The van der Waals surface area contributed by atoms with Gasteiger partial charge in [0.1, 0.15) is 12.2 Å². The van der Waals surface area contributed by atoms with Gasteiger partial charge in [0.25, 0.3) is 0 Å². The summed E-state index contributed by atoms with van der Waals surface area (Å²) in [4.78, 5) is 12.5. The van der Waals surface area contributed by atoms with Gasteiger partial charge in [0, 0.05) is 0 Å². The topological polar surface area (TPSA) is 110 Å². The van der Waals surface area contributed by atoms with E-state index in [9.17, 15) is 25.2 Å². The minimum absolute atomic E-state index is 0.363. The Bertz CT molecular complexity index is 863. The molecule has 5 N–H and O–H groups in total. The molecule has 57 heavy (non-hydrogen) atoms. The average molecular weight is 806 g/mol. The number of hydrogen-bond donors (Lipinski definition) is 5. The zero-order chi connectivity index (χ0) is 41.7. The van der Waals surface area contributed by atoms with Crippen LogP contribution in [0.4, 0.5) is 0 Å². The van der Waals surface area contributed by atoms with E-state index in [0.717, 1.165) is 38.5 Å². The van der Waals surface area contributed by atoms with Gasteiger partial charge in [0.2, 0.25) is 5.91 Å². The van der Waals surface area contributed by atoms with Gasteiger partial charge < -0.3 is 25.7 Å². The third kappa shape index (κ3) is 40.0. The normalized spacial score (nSPS) is 14.1. The van der Waals surface area contributed by atoms with Crippen molar-refractivity contribution in [2.45, 2.75) is 289 Å². The van der Waals surface area contributed by atoms with Crippen molar-refractivity contribution < 1.29 is 25.2 Å². The summed E-state index contributed by atoms with van der Waals surface area (Å²) in [6.45, 7) is 4.05. The molecule has 0 heterocycles. The van der Waals surface area contributed by atoms with Crippen LogP contribution in [0.2, 0.25) is 0 Å². The summed E-state index contributed by atoms with van der Waals surface area (Å²) < 4.78 is 0. The molecule has 0 rings (SSSR count). The van der Waals surface area contributed by atoms with Gasteiger partial charge in [0.05, 0.1) is 18.8 Å². The average Bonchev–Trinajstić information content (AvgIpc) is 3.22. The second-order valence-electron chi connectivity index (χ2n) is 17.5. The number of hydrogen-bond acceptors (Lipinski definition) is 5. The minimum atomic E-state index is -1.29. The van der Waals surface area contributed by atoms with Crippen molar-refractivity contribution in [1.29, 1.82) is 0 Å². The molecule has 0 spiro atoms. The molecule has 6 heteroatoms. The van der Waals surface area contributed by atoms with E-state index in [4.69, 9.17) is 0 Å². The second kappa shape index (κ2) is 45.9. The maximum absolute atomic E-state index is 12.5. The monoisotopic (exact) mass is 806 g/mol. The third-order valence-corrected chi connectivity index (χ3v) is 11.9. The molecule has 0 aromatic carbocycles. The van der Waals surface area contributed by atoms with E-state index in [-0.39, 0.29) is 0 Å². The van der Waals surface area contributed by atoms with E-state index in [2.05, 4.69) is 43.5 Å². The van der Waals surface area contributed by atoms with Crippen LogP contribution >= 0.6 is 0 Å². The van der Waals surface area contributed by atoms with Crippen molar-refractivity contribution >= 4 is 5.91 Å². The molecule has 0 aromatic heterocycles. The quantitative estimate of drug-likeness (QED) is 0.0311.